The van der Waals surface area contributed by atoms with Gasteiger partial charge in [0.05, 0.1) is 5.16 Å². The molecule has 0 N–H and O–H groups in total. The Balaban J connectivity index is 3.04. The Morgan fingerprint density at radius 3 is 2.08 bits per heavy atom. The second-order valence-corrected chi connectivity index (χ2v) is 4.82. The van der Waals surface area contributed by atoms with E-state index < -0.39 is 0 Å². The van der Waals surface area contributed by atoms with Crippen LogP contribution in [0.1, 0.15) is 25.0 Å². The van der Waals surface area contributed by atoms with E-state index >= 15 is 0 Å². The quantitative estimate of drug-likeness (QED) is 0.636. The fraction of sp³-hybridized carbons (Fsp3) is 0.400. The standard InChI is InChI=1S/C10H13OP/c1-8-4-6-9(7-5-8)10(2,3)12-11/h4-7H,1-3H3. The van der Waals surface area contributed by atoms with Crippen molar-refractivity contribution in [3.63, 3.8) is 0 Å². The first-order valence-corrected chi connectivity index (χ1v) is 4.79. The molecule has 0 fully saturated rings. The van der Waals surface area contributed by atoms with Crippen molar-refractivity contribution in [2.45, 2.75) is 25.9 Å². The summed E-state index contributed by atoms with van der Waals surface area (Å²) < 4.78 is 10.8. The zero-order chi connectivity index (χ0) is 9.19. The van der Waals surface area contributed by atoms with Crippen LogP contribution >= 0.6 is 8.46 Å². The predicted molar refractivity (Wildman–Crippen MR) is 51.8 cm³/mol. The Morgan fingerprint density at radius 1 is 1.17 bits per heavy atom. The number of hydrogen-bond acceptors (Lipinski definition) is 1. The van der Waals surface area contributed by atoms with Crippen LogP contribution in [0.5, 0.6) is 0 Å². The Hall–Kier alpha value is -0.680. The highest BCUT2D eigenvalue weighted by molar-refractivity contribution is 7.25. The van der Waals surface area contributed by atoms with Crippen LogP contribution in [-0.2, 0) is 9.72 Å². The smallest absolute Gasteiger partial charge is 0.166 e. The fourth-order valence-electron chi connectivity index (χ4n) is 1.01. The van der Waals surface area contributed by atoms with E-state index in [0.717, 1.165) is 5.56 Å². The van der Waals surface area contributed by atoms with Crippen LogP contribution in [-0.4, -0.2) is 0 Å². The average molecular weight is 180 g/mol. The van der Waals surface area contributed by atoms with Crippen molar-refractivity contribution in [3.8, 4) is 0 Å². The molecule has 2 heteroatoms. The first-order valence-electron chi connectivity index (χ1n) is 3.98. The van der Waals surface area contributed by atoms with E-state index in [9.17, 15) is 4.57 Å². The monoisotopic (exact) mass is 180 g/mol. The van der Waals surface area contributed by atoms with Gasteiger partial charge in [0, 0.05) is 0 Å². The summed E-state index contributed by atoms with van der Waals surface area (Å²) in [5, 5.41) is -0.256. The van der Waals surface area contributed by atoms with Gasteiger partial charge in [-0.3, -0.25) is 4.57 Å². The molecule has 0 radical (unpaired) electrons. The summed E-state index contributed by atoms with van der Waals surface area (Å²) in [6.45, 7) is 5.98. The molecule has 0 amide bonds. The molecule has 0 unspecified atom stereocenters. The molecule has 1 nitrogen and oxygen atoms in total. The maximum Gasteiger partial charge on any atom is 0.166 e. The van der Waals surface area contributed by atoms with Crippen LogP contribution < -0.4 is 0 Å². The van der Waals surface area contributed by atoms with Gasteiger partial charge in [-0.25, -0.2) is 0 Å². The van der Waals surface area contributed by atoms with E-state index in [-0.39, 0.29) is 13.6 Å². The van der Waals surface area contributed by atoms with Crippen LogP contribution in [0, 0.1) is 6.92 Å². The fourth-order valence-corrected chi connectivity index (χ4v) is 1.27. The normalized spacial score (nSPS) is 11.9. The van der Waals surface area contributed by atoms with Crippen molar-refractivity contribution in [2.75, 3.05) is 0 Å². The van der Waals surface area contributed by atoms with Gasteiger partial charge in [-0.2, -0.15) is 0 Å². The van der Waals surface area contributed by atoms with Crippen molar-refractivity contribution < 1.29 is 4.57 Å². The van der Waals surface area contributed by atoms with Gasteiger partial charge in [-0.05, 0) is 26.3 Å². The SMILES string of the molecule is Cc1ccc(C(C)(C)P=O)cc1. The number of hydrogen-bond donors (Lipinski definition) is 0. The van der Waals surface area contributed by atoms with Crippen LogP contribution in [0.2, 0.25) is 0 Å². The highest BCUT2D eigenvalue weighted by Crippen LogP contribution is 2.33. The van der Waals surface area contributed by atoms with Crippen molar-refractivity contribution in [2.24, 2.45) is 0 Å². The summed E-state index contributed by atoms with van der Waals surface area (Å²) in [7, 11) is 0.172. The Bertz CT molecular complexity index is 274. The highest BCUT2D eigenvalue weighted by atomic mass is 31.1. The number of aryl methyl sites for hydroxylation is 1. The lowest BCUT2D eigenvalue weighted by Gasteiger charge is -2.15. The van der Waals surface area contributed by atoms with Crippen LogP contribution in [0.15, 0.2) is 24.3 Å². The summed E-state index contributed by atoms with van der Waals surface area (Å²) in [5.41, 5.74) is 2.35. The van der Waals surface area contributed by atoms with E-state index in [2.05, 4.69) is 0 Å². The minimum atomic E-state index is -0.256. The first kappa shape index (κ1) is 9.41. The Morgan fingerprint density at radius 2 is 1.67 bits per heavy atom. The summed E-state index contributed by atoms with van der Waals surface area (Å²) in [4.78, 5) is 0. The van der Waals surface area contributed by atoms with Gasteiger partial charge in [0.15, 0.2) is 8.46 Å². The van der Waals surface area contributed by atoms with Gasteiger partial charge in [-0.15, -0.1) is 0 Å². The molecule has 0 aliphatic carbocycles. The second kappa shape index (κ2) is 3.37. The van der Waals surface area contributed by atoms with E-state index in [1.165, 1.54) is 5.56 Å². The molecular formula is C10H13OP. The molecule has 64 valence electrons. The second-order valence-electron chi connectivity index (χ2n) is 3.52. The third-order valence-corrected chi connectivity index (χ3v) is 2.70. The minimum Gasteiger partial charge on any atom is -0.274 e. The maximum atomic E-state index is 10.8. The van der Waals surface area contributed by atoms with Gasteiger partial charge in [0.25, 0.3) is 0 Å². The van der Waals surface area contributed by atoms with Crippen molar-refractivity contribution in [3.05, 3.63) is 35.4 Å². The lowest BCUT2D eigenvalue weighted by atomic mass is 10.0. The van der Waals surface area contributed by atoms with Gasteiger partial charge < -0.3 is 0 Å². The number of benzene rings is 1. The van der Waals surface area contributed by atoms with E-state index in [1.807, 2.05) is 45.0 Å². The average Bonchev–Trinajstić information content (AvgIpc) is 2.05. The first-order chi connectivity index (χ1) is 5.56. The van der Waals surface area contributed by atoms with E-state index in [0.29, 0.717) is 0 Å². The third-order valence-electron chi connectivity index (χ3n) is 1.99. The third kappa shape index (κ3) is 1.92. The molecule has 0 atom stereocenters. The van der Waals surface area contributed by atoms with Crippen LogP contribution in [0.25, 0.3) is 0 Å². The van der Waals surface area contributed by atoms with Crippen molar-refractivity contribution in [1.29, 1.82) is 0 Å². The Kier molecular flexibility index (Phi) is 2.64. The lowest BCUT2D eigenvalue weighted by molar-refractivity contribution is 0.576. The molecule has 0 saturated carbocycles. The molecular weight excluding hydrogens is 167 g/mol. The maximum absolute atomic E-state index is 10.8. The summed E-state index contributed by atoms with van der Waals surface area (Å²) in [6.07, 6.45) is 0. The summed E-state index contributed by atoms with van der Waals surface area (Å²) >= 11 is 0. The zero-order valence-corrected chi connectivity index (χ0v) is 8.56. The van der Waals surface area contributed by atoms with Gasteiger partial charge in [-0.1, -0.05) is 29.8 Å². The van der Waals surface area contributed by atoms with Crippen molar-refractivity contribution in [1.82, 2.24) is 0 Å². The molecule has 1 aromatic carbocycles. The van der Waals surface area contributed by atoms with Gasteiger partial charge in [0.2, 0.25) is 0 Å². The Labute approximate surface area is 75.0 Å². The van der Waals surface area contributed by atoms with E-state index in [1.54, 1.807) is 0 Å². The largest absolute Gasteiger partial charge is 0.274 e. The summed E-state index contributed by atoms with van der Waals surface area (Å²) in [5.74, 6) is 0. The molecule has 12 heavy (non-hydrogen) atoms. The molecule has 0 saturated heterocycles. The van der Waals surface area contributed by atoms with Crippen molar-refractivity contribution >= 4 is 8.46 Å². The van der Waals surface area contributed by atoms with E-state index in [4.69, 9.17) is 0 Å². The minimum absolute atomic E-state index is 0.172. The summed E-state index contributed by atoms with van der Waals surface area (Å²) in [6, 6.07) is 8.14. The lowest BCUT2D eigenvalue weighted by Crippen LogP contribution is -2.07. The van der Waals surface area contributed by atoms with Crippen LogP contribution in [0.3, 0.4) is 0 Å². The molecule has 0 aromatic heterocycles. The van der Waals surface area contributed by atoms with Gasteiger partial charge in [0.1, 0.15) is 0 Å². The molecule has 0 heterocycles. The highest BCUT2D eigenvalue weighted by Gasteiger charge is 2.19. The predicted octanol–water partition coefficient (Wildman–Crippen LogP) is 3.52. The topological polar surface area (TPSA) is 17.1 Å². The molecule has 0 aliphatic heterocycles. The van der Waals surface area contributed by atoms with Crippen LogP contribution in [0.4, 0.5) is 0 Å². The molecule has 0 spiro atoms. The molecule has 1 rings (SSSR count). The number of rotatable bonds is 2. The molecule has 0 bridgehead atoms. The molecule has 0 aliphatic rings. The zero-order valence-electron chi connectivity index (χ0n) is 7.66. The molecule has 1 aromatic rings. The van der Waals surface area contributed by atoms with Gasteiger partial charge >= 0.3 is 0 Å².